The zero-order valence-electron chi connectivity index (χ0n) is 6.08. The van der Waals surface area contributed by atoms with Crippen molar-refractivity contribution in [2.75, 3.05) is 32.8 Å². The minimum absolute atomic E-state index is 0.364. The van der Waals surface area contributed by atoms with Crippen LogP contribution >= 0.6 is 0 Å². The van der Waals surface area contributed by atoms with Gasteiger partial charge in [-0.05, 0) is 0 Å². The minimum atomic E-state index is 0.364. The number of piperazine rings is 1. The fourth-order valence-corrected chi connectivity index (χ4v) is 1.92. The first kappa shape index (κ1) is 6.58. The number of hydrogen-bond donors (Lipinski definition) is 2. The molecule has 2 N–H and O–H groups in total. The maximum absolute atomic E-state index is 8.87. The Hall–Kier alpha value is -0.120. The number of nitrogens with zero attached hydrogens (tertiary/aromatic N) is 1. The molecule has 2 aliphatic rings. The number of aliphatic hydroxyl groups excluding tert-OH is 1. The van der Waals surface area contributed by atoms with Crippen LogP contribution in [0.3, 0.4) is 0 Å². The Bertz CT molecular complexity index is 125. The Morgan fingerprint density at radius 1 is 1.60 bits per heavy atom. The van der Waals surface area contributed by atoms with Crippen molar-refractivity contribution in [2.45, 2.75) is 6.04 Å². The van der Waals surface area contributed by atoms with Gasteiger partial charge >= 0.3 is 0 Å². The fourth-order valence-electron chi connectivity index (χ4n) is 1.92. The Labute approximate surface area is 61.0 Å². The first-order chi connectivity index (χ1) is 4.92. The molecule has 2 saturated heterocycles. The highest BCUT2D eigenvalue weighted by Crippen LogP contribution is 2.24. The minimum Gasteiger partial charge on any atom is -0.396 e. The van der Waals surface area contributed by atoms with Crippen LogP contribution < -0.4 is 5.32 Å². The molecule has 2 fully saturated rings. The van der Waals surface area contributed by atoms with Crippen molar-refractivity contribution in [2.24, 2.45) is 5.92 Å². The molecule has 0 aliphatic carbocycles. The second-order valence-electron chi connectivity index (χ2n) is 3.21. The first-order valence-electron chi connectivity index (χ1n) is 3.97. The summed E-state index contributed by atoms with van der Waals surface area (Å²) in [6, 6.07) is 0.638. The molecule has 0 aromatic carbocycles. The summed E-state index contributed by atoms with van der Waals surface area (Å²) in [4.78, 5) is 2.44. The molecule has 3 heteroatoms. The van der Waals surface area contributed by atoms with Gasteiger partial charge in [-0.15, -0.1) is 0 Å². The van der Waals surface area contributed by atoms with Crippen molar-refractivity contribution in [3.8, 4) is 0 Å². The van der Waals surface area contributed by atoms with Crippen molar-refractivity contribution < 1.29 is 5.11 Å². The summed E-state index contributed by atoms with van der Waals surface area (Å²) in [5.74, 6) is 0.549. The molecular formula is C7H14N2O. The van der Waals surface area contributed by atoms with Gasteiger partial charge in [0.05, 0.1) is 0 Å². The third-order valence-electron chi connectivity index (χ3n) is 2.65. The zero-order chi connectivity index (χ0) is 6.97. The van der Waals surface area contributed by atoms with Crippen LogP contribution in [0.15, 0.2) is 0 Å². The summed E-state index contributed by atoms with van der Waals surface area (Å²) in [7, 11) is 0. The van der Waals surface area contributed by atoms with E-state index in [1.54, 1.807) is 0 Å². The van der Waals surface area contributed by atoms with Gasteiger partial charge in [0.1, 0.15) is 0 Å². The lowest BCUT2D eigenvalue weighted by molar-refractivity contribution is -0.0301. The highest BCUT2D eigenvalue weighted by Gasteiger charge is 2.39. The largest absolute Gasteiger partial charge is 0.396 e. The van der Waals surface area contributed by atoms with Gasteiger partial charge in [-0.25, -0.2) is 0 Å². The van der Waals surface area contributed by atoms with E-state index in [0.717, 1.165) is 19.6 Å². The van der Waals surface area contributed by atoms with Crippen LogP contribution in [0.25, 0.3) is 0 Å². The topological polar surface area (TPSA) is 35.5 Å². The van der Waals surface area contributed by atoms with Crippen molar-refractivity contribution in [3.63, 3.8) is 0 Å². The number of aliphatic hydroxyl groups is 1. The lowest BCUT2D eigenvalue weighted by Gasteiger charge is -2.50. The van der Waals surface area contributed by atoms with Gasteiger partial charge in [-0.2, -0.15) is 0 Å². The van der Waals surface area contributed by atoms with E-state index in [0.29, 0.717) is 18.6 Å². The Morgan fingerprint density at radius 3 is 3.20 bits per heavy atom. The van der Waals surface area contributed by atoms with E-state index in [9.17, 15) is 0 Å². The van der Waals surface area contributed by atoms with E-state index in [4.69, 9.17) is 5.11 Å². The SMILES string of the molecule is OCC1CN2CCNCC12. The van der Waals surface area contributed by atoms with E-state index in [2.05, 4.69) is 10.2 Å². The predicted molar refractivity (Wildman–Crippen MR) is 38.8 cm³/mol. The summed E-state index contributed by atoms with van der Waals surface area (Å²) in [5, 5.41) is 12.2. The molecule has 10 heavy (non-hydrogen) atoms. The number of hydrogen-bond acceptors (Lipinski definition) is 3. The molecule has 2 heterocycles. The molecular weight excluding hydrogens is 128 g/mol. The number of fused-ring (bicyclic) bond motifs is 1. The normalized spacial score (nSPS) is 40.5. The molecule has 2 unspecified atom stereocenters. The maximum atomic E-state index is 8.87. The van der Waals surface area contributed by atoms with Crippen LogP contribution in [-0.2, 0) is 0 Å². The van der Waals surface area contributed by atoms with Gasteiger partial charge < -0.3 is 10.4 Å². The quantitative estimate of drug-likeness (QED) is 0.487. The molecule has 58 valence electrons. The molecule has 0 amide bonds. The second-order valence-corrected chi connectivity index (χ2v) is 3.21. The van der Waals surface area contributed by atoms with Gasteiger partial charge in [0.2, 0.25) is 0 Å². The standard InChI is InChI=1S/C7H14N2O/c10-5-6-4-9-2-1-8-3-7(6)9/h6-8,10H,1-5H2. The van der Waals surface area contributed by atoms with Gasteiger partial charge in [0.25, 0.3) is 0 Å². The van der Waals surface area contributed by atoms with E-state index < -0.39 is 0 Å². The fraction of sp³-hybridized carbons (Fsp3) is 1.00. The molecule has 3 nitrogen and oxygen atoms in total. The Morgan fingerprint density at radius 2 is 2.50 bits per heavy atom. The first-order valence-corrected chi connectivity index (χ1v) is 3.97. The van der Waals surface area contributed by atoms with Crippen LogP contribution in [0, 0.1) is 5.92 Å². The summed E-state index contributed by atoms with van der Waals surface area (Å²) in [6.07, 6.45) is 0. The third kappa shape index (κ3) is 0.856. The van der Waals surface area contributed by atoms with E-state index in [1.807, 2.05) is 0 Å². The van der Waals surface area contributed by atoms with Crippen molar-refractivity contribution >= 4 is 0 Å². The molecule has 0 radical (unpaired) electrons. The average Bonchev–Trinajstić information content (AvgIpc) is 1.92. The summed E-state index contributed by atoms with van der Waals surface area (Å²) >= 11 is 0. The van der Waals surface area contributed by atoms with Gasteiger partial charge in [-0.1, -0.05) is 0 Å². The zero-order valence-corrected chi connectivity index (χ0v) is 6.08. The lowest BCUT2D eigenvalue weighted by atomic mass is 9.88. The molecule has 0 bridgehead atoms. The summed E-state index contributed by atoms with van der Waals surface area (Å²) in [5.41, 5.74) is 0. The maximum Gasteiger partial charge on any atom is 0.0487 e. The third-order valence-corrected chi connectivity index (χ3v) is 2.65. The summed E-state index contributed by atoms with van der Waals surface area (Å²) < 4.78 is 0. The van der Waals surface area contributed by atoms with Crippen LogP contribution in [0.1, 0.15) is 0 Å². The molecule has 0 aromatic heterocycles. The Kier molecular flexibility index (Phi) is 1.64. The number of rotatable bonds is 1. The molecule has 0 aromatic rings. The van der Waals surface area contributed by atoms with Crippen molar-refractivity contribution in [3.05, 3.63) is 0 Å². The number of nitrogens with one attached hydrogen (secondary N) is 1. The predicted octanol–water partition coefficient (Wildman–Crippen LogP) is -1.12. The lowest BCUT2D eigenvalue weighted by Crippen LogP contribution is -2.65. The molecule has 2 atom stereocenters. The van der Waals surface area contributed by atoms with Crippen molar-refractivity contribution in [1.29, 1.82) is 0 Å². The van der Waals surface area contributed by atoms with Crippen LogP contribution in [0.5, 0.6) is 0 Å². The van der Waals surface area contributed by atoms with Gasteiger partial charge in [0, 0.05) is 44.7 Å². The van der Waals surface area contributed by atoms with Crippen LogP contribution in [0.2, 0.25) is 0 Å². The smallest absolute Gasteiger partial charge is 0.0487 e. The molecule has 2 aliphatic heterocycles. The molecule has 0 spiro atoms. The monoisotopic (exact) mass is 142 g/mol. The van der Waals surface area contributed by atoms with Crippen LogP contribution in [-0.4, -0.2) is 48.8 Å². The van der Waals surface area contributed by atoms with Crippen molar-refractivity contribution in [1.82, 2.24) is 10.2 Å². The second kappa shape index (κ2) is 2.49. The molecule has 2 rings (SSSR count). The highest BCUT2D eigenvalue weighted by atomic mass is 16.3. The molecule has 0 saturated carbocycles. The van der Waals surface area contributed by atoms with Gasteiger partial charge in [0.15, 0.2) is 0 Å². The average molecular weight is 142 g/mol. The Balaban J connectivity index is 1.89. The summed E-state index contributed by atoms with van der Waals surface area (Å²) in [6.45, 7) is 4.84. The van der Waals surface area contributed by atoms with Crippen LogP contribution in [0.4, 0.5) is 0 Å². The van der Waals surface area contributed by atoms with E-state index in [-0.39, 0.29) is 0 Å². The highest BCUT2D eigenvalue weighted by molar-refractivity contribution is 4.95. The van der Waals surface area contributed by atoms with E-state index in [1.165, 1.54) is 6.54 Å². The van der Waals surface area contributed by atoms with Gasteiger partial charge in [-0.3, -0.25) is 4.90 Å². The van der Waals surface area contributed by atoms with E-state index >= 15 is 0 Å².